The van der Waals surface area contributed by atoms with Gasteiger partial charge in [0, 0.05) is 24.1 Å². The topological polar surface area (TPSA) is 95.5 Å². The van der Waals surface area contributed by atoms with E-state index in [1.807, 2.05) is 5.32 Å². The second-order valence-electron chi connectivity index (χ2n) is 4.16. The molecule has 0 saturated heterocycles. The lowest BCUT2D eigenvalue weighted by molar-refractivity contribution is -0.137. The summed E-state index contributed by atoms with van der Waals surface area (Å²) in [6.07, 6.45) is -0.0622. The standard InChI is InChI=1S/C13H15FN2O4/c1-8-9(14)4-2-5-10(8)15-13(20)16-11(17)6-3-7-12(18)19/h2,4-5H,3,6-7H2,1H3,(H,18,19)(H2,15,16,17,20). The smallest absolute Gasteiger partial charge is 0.325 e. The lowest BCUT2D eigenvalue weighted by atomic mass is 10.2. The van der Waals surface area contributed by atoms with Gasteiger partial charge in [-0.15, -0.1) is 0 Å². The van der Waals surface area contributed by atoms with E-state index in [1.165, 1.54) is 25.1 Å². The number of halogens is 1. The van der Waals surface area contributed by atoms with E-state index in [4.69, 9.17) is 5.11 Å². The molecule has 1 rings (SSSR count). The minimum Gasteiger partial charge on any atom is -0.481 e. The molecule has 0 aliphatic heterocycles. The van der Waals surface area contributed by atoms with E-state index in [0.29, 0.717) is 0 Å². The third-order valence-electron chi connectivity index (χ3n) is 2.56. The number of carbonyl (C=O) groups excluding carboxylic acids is 2. The molecule has 0 spiro atoms. The van der Waals surface area contributed by atoms with E-state index in [2.05, 4.69) is 5.32 Å². The van der Waals surface area contributed by atoms with Gasteiger partial charge >= 0.3 is 12.0 Å². The average molecular weight is 282 g/mol. The van der Waals surface area contributed by atoms with Gasteiger partial charge in [0.1, 0.15) is 5.82 Å². The van der Waals surface area contributed by atoms with Crippen LogP contribution in [-0.2, 0) is 9.59 Å². The van der Waals surface area contributed by atoms with Crippen LogP contribution in [0.15, 0.2) is 18.2 Å². The Kier molecular flexibility index (Phi) is 5.64. The highest BCUT2D eigenvalue weighted by Crippen LogP contribution is 2.16. The zero-order valence-corrected chi connectivity index (χ0v) is 10.9. The van der Waals surface area contributed by atoms with Crippen LogP contribution in [0.3, 0.4) is 0 Å². The number of benzene rings is 1. The van der Waals surface area contributed by atoms with Crippen LogP contribution in [-0.4, -0.2) is 23.0 Å². The molecule has 1 aromatic carbocycles. The zero-order valence-electron chi connectivity index (χ0n) is 10.9. The Balaban J connectivity index is 2.45. The molecule has 0 radical (unpaired) electrons. The fourth-order valence-electron chi connectivity index (χ4n) is 1.49. The van der Waals surface area contributed by atoms with Crippen LogP contribution in [0.1, 0.15) is 24.8 Å². The molecule has 108 valence electrons. The molecule has 0 unspecified atom stereocenters. The van der Waals surface area contributed by atoms with Crippen LogP contribution in [0.4, 0.5) is 14.9 Å². The quantitative estimate of drug-likeness (QED) is 0.770. The summed E-state index contributed by atoms with van der Waals surface area (Å²) in [6.45, 7) is 1.50. The predicted octanol–water partition coefficient (Wildman–Crippen LogP) is 2.04. The molecule has 3 amide bonds. The molecule has 0 aliphatic carbocycles. The van der Waals surface area contributed by atoms with E-state index in [9.17, 15) is 18.8 Å². The first-order chi connectivity index (χ1) is 9.40. The molecule has 0 saturated carbocycles. The zero-order chi connectivity index (χ0) is 15.1. The van der Waals surface area contributed by atoms with Gasteiger partial charge in [0.05, 0.1) is 0 Å². The van der Waals surface area contributed by atoms with Crippen molar-refractivity contribution < 1.29 is 23.9 Å². The number of carboxylic acid groups (broad SMARTS) is 1. The lowest BCUT2D eigenvalue weighted by Gasteiger charge is -2.09. The molecule has 0 aliphatic rings. The third kappa shape index (κ3) is 5.05. The van der Waals surface area contributed by atoms with Gasteiger partial charge in [-0.3, -0.25) is 14.9 Å². The summed E-state index contributed by atoms with van der Waals surface area (Å²) in [5.74, 6) is -2.05. The summed E-state index contributed by atoms with van der Waals surface area (Å²) < 4.78 is 13.2. The normalized spacial score (nSPS) is 9.90. The highest BCUT2D eigenvalue weighted by molar-refractivity contribution is 6.01. The number of carbonyl (C=O) groups is 3. The molecular formula is C13H15FN2O4. The van der Waals surface area contributed by atoms with E-state index in [-0.39, 0.29) is 30.5 Å². The number of hydrogen-bond donors (Lipinski definition) is 3. The van der Waals surface area contributed by atoms with E-state index in [0.717, 1.165) is 0 Å². The fourth-order valence-corrected chi connectivity index (χ4v) is 1.49. The Labute approximate surface area is 115 Å². The summed E-state index contributed by atoms with van der Waals surface area (Å²) in [6, 6.07) is 3.42. The van der Waals surface area contributed by atoms with E-state index in [1.54, 1.807) is 0 Å². The van der Waals surface area contributed by atoms with Gasteiger partial charge in [-0.2, -0.15) is 0 Å². The minimum atomic E-state index is -1.00. The highest BCUT2D eigenvalue weighted by atomic mass is 19.1. The second kappa shape index (κ2) is 7.22. The van der Waals surface area contributed by atoms with Crippen molar-refractivity contribution in [2.45, 2.75) is 26.2 Å². The molecule has 6 nitrogen and oxygen atoms in total. The molecule has 0 heterocycles. The number of hydrogen-bond acceptors (Lipinski definition) is 3. The van der Waals surface area contributed by atoms with Crippen molar-refractivity contribution in [1.82, 2.24) is 5.32 Å². The number of imide groups is 1. The SMILES string of the molecule is Cc1c(F)cccc1NC(=O)NC(=O)CCCC(=O)O. The highest BCUT2D eigenvalue weighted by Gasteiger charge is 2.11. The largest absolute Gasteiger partial charge is 0.481 e. The maximum atomic E-state index is 13.2. The number of nitrogens with one attached hydrogen (secondary N) is 2. The van der Waals surface area contributed by atoms with Gasteiger partial charge in [0.25, 0.3) is 0 Å². The van der Waals surface area contributed by atoms with Gasteiger partial charge < -0.3 is 10.4 Å². The molecule has 0 atom stereocenters. The molecule has 0 bridgehead atoms. The predicted molar refractivity (Wildman–Crippen MR) is 69.8 cm³/mol. The van der Waals surface area contributed by atoms with Gasteiger partial charge in [-0.1, -0.05) is 6.07 Å². The number of rotatable bonds is 5. The van der Waals surface area contributed by atoms with Gasteiger partial charge in [-0.25, -0.2) is 9.18 Å². The van der Waals surface area contributed by atoms with Crippen molar-refractivity contribution in [1.29, 1.82) is 0 Å². The maximum Gasteiger partial charge on any atom is 0.325 e. The van der Waals surface area contributed by atoms with E-state index < -0.39 is 23.7 Å². The summed E-state index contributed by atoms with van der Waals surface area (Å²) in [7, 11) is 0. The Morgan fingerprint density at radius 1 is 1.25 bits per heavy atom. The third-order valence-corrected chi connectivity index (χ3v) is 2.56. The first-order valence-corrected chi connectivity index (χ1v) is 5.98. The fraction of sp³-hybridized carbons (Fsp3) is 0.308. The molecule has 7 heteroatoms. The molecule has 0 aromatic heterocycles. The van der Waals surface area contributed by atoms with Crippen molar-refractivity contribution in [3.8, 4) is 0 Å². The lowest BCUT2D eigenvalue weighted by Crippen LogP contribution is -2.34. The molecule has 0 fully saturated rings. The van der Waals surface area contributed by atoms with Crippen LogP contribution in [0, 0.1) is 12.7 Å². The summed E-state index contributed by atoms with van der Waals surface area (Å²) in [5, 5.41) is 12.8. The first-order valence-electron chi connectivity index (χ1n) is 5.98. The Morgan fingerprint density at radius 2 is 1.95 bits per heavy atom. The van der Waals surface area contributed by atoms with Crippen molar-refractivity contribution in [3.63, 3.8) is 0 Å². The number of aliphatic carboxylic acids is 1. The van der Waals surface area contributed by atoms with E-state index >= 15 is 0 Å². The van der Waals surface area contributed by atoms with Crippen LogP contribution in [0.2, 0.25) is 0 Å². The van der Waals surface area contributed by atoms with Gasteiger partial charge in [0.2, 0.25) is 5.91 Å². The Bertz CT molecular complexity index is 531. The molecule has 3 N–H and O–H groups in total. The monoisotopic (exact) mass is 282 g/mol. The first kappa shape index (κ1) is 15.6. The summed E-state index contributed by atoms with van der Waals surface area (Å²) in [4.78, 5) is 33.1. The summed E-state index contributed by atoms with van der Waals surface area (Å²) in [5.41, 5.74) is 0.529. The summed E-state index contributed by atoms with van der Waals surface area (Å²) >= 11 is 0. The Hall–Kier alpha value is -2.44. The number of anilines is 1. The Morgan fingerprint density at radius 3 is 2.60 bits per heavy atom. The molecular weight excluding hydrogens is 267 g/mol. The number of urea groups is 1. The van der Waals surface area contributed by atoms with Crippen molar-refractivity contribution >= 4 is 23.6 Å². The van der Waals surface area contributed by atoms with Crippen LogP contribution in [0.5, 0.6) is 0 Å². The number of amides is 3. The van der Waals surface area contributed by atoms with Crippen LogP contribution in [0.25, 0.3) is 0 Å². The van der Waals surface area contributed by atoms with Crippen molar-refractivity contribution in [3.05, 3.63) is 29.6 Å². The molecule has 20 heavy (non-hydrogen) atoms. The minimum absolute atomic E-state index is 0.0676. The second-order valence-corrected chi connectivity index (χ2v) is 4.16. The molecule has 1 aromatic rings. The maximum absolute atomic E-state index is 13.2. The number of carboxylic acids is 1. The van der Waals surface area contributed by atoms with Crippen molar-refractivity contribution in [2.75, 3.05) is 5.32 Å². The van der Waals surface area contributed by atoms with Crippen LogP contribution >= 0.6 is 0 Å². The van der Waals surface area contributed by atoms with Gasteiger partial charge in [0.15, 0.2) is 0 Å². The van der Waals surface area contributed by atoms with Gasteiger partial charge in [-0.05, 0) is 25.5 Å². The van der Waals surface area contributed by atoms with Crippen molar-refractivity contribution in [2.24, 2.45) is 0 Å². The average Bonchev–Trinajstić information content (AvgIpc) is 2.34. The van der Waals surface area contributed by atoms with Crippen LogP contribution < -0.4 is 10.6 Å².